The molecule has 3 N–H and O–H groups in total. The molecule has 8 heteroatoms. The number of halogens is 3. The van der Waals surface area contributed by atoms with Gasteiger partial charge in [-0.15, -0.1) is 0 Å². The molecular formula is C20H26F3N3O2. The van der Waals surface area contributed by atoms with Gasteiger partial charge in [-0.3, -0.25) is 4.99 Å². The molecule has 28 heavy (non-hydrogen) atoms. The molecule has 0 spiro atoms. The van der Waals surface area contributed by atoms with E-state index >= 15 is 0 Å². The van der Waals surface area contributed by atoms with Crippen molar-refractivity contribution in [3.8, 4) is 0 Å². The first-order valence-electron chi connectivity index (χ1n) is 9.22. The number of rotatable bonds is 8. The SMILES string of the molecule is CCNC(=NCC(O)c1ccco1)NCCC(C)c1cccc(C(F)(F)F)c1. The molecule has 2 unspecified atom stereocenters. The molecule has 0 fully saturated rings. The van der Waals surface area contributed by atoms with E-state index in [-0.39, 0.29) is 12.5 Å². The van der Waals surface area contributed by atoms with E-state index in [1.165, 1.54) is 18.4 Å². The molecule has 1 heterocycles. The number of aliphatic hydroxyl groups is 1. The first kappa shape index (κ1) is 21.8. The van der Waals surface area contributed by atoms with Crippen LogP contribution in [0.5, 0.6) is 0 Å². The van der Waals surface area contributed by atoms with Gasteiger partial charge in [0.05, 0.1) is 18.4 Å². The van der Waals surface area contributed by atoms with Gasteiger partial charge in [0.1, 0.15) is 11.9 Å². The van der Waals surface area contributed by atoms with E-state index in [9.17, 15) is 18.3 Å². The number of aliphatic hydroxyl groups excluding tert-OH is 1. The fraction of sp³-hybridized carbons (Fsp3) is 0.450. The van der Waals surface area contributed by atoms with E-state index in [0.717, 1.165) is 6.07 Å². The van der Waals surface area contributed by atoms with Crippen molar-refractivity contribution in [1.82, 2.24) is 10.6 Å². The molecule has 1 aromatic heterocycles. The van der Waals surface area contributed by atoms with E-state index in [0.29, 0.717) is 36.8 Å². The topological polar surface area (TPSA) is 69.8 Å². The summed E-state index contributed by atoms with van der Waals surface area (Å²) in [5, 5.41) is 16.2. The summed E-state index contributed by atoms with van der Waals surface area (Å²) in [5.41, 5.74) is 0.0124. The zero-order valence-corrected chi connectivity index (χ0v) is 16.0. The molecule has 0 aliphatic carbocycles. The molecule has 0 radical (unpaired) electrons. The Morgan fingerprint density at radius 1 is 1.21 bits per heavy atom. The molecule has 0 saturated heterocycles. The van der Waals surface area contributed by atoms with Crippen molar-refractivity contribution in [3.63, 3.8) is 0 Å². The third-order valence-corrected chi connectivity index (χ3v) is 4.29. The molecule has 154 valence electrons. The molecule has 1 aromatic carbocycles. The highest BCUT2D eigenvalue weighted by atomic mass is 19.4. The lowest BCUT2D eigenvalue weighted by Gasteiger charge is -2.16. The summed E-state index contributed by atoms with van der Waals surface area (Å²) in [5.74, 6) is 0.925. The Balaban J connectivity index is 1.89. The molecule has 0 saturated carbocycles. The van der Waals surface area contributed by atoms with E-state index < -0.39 is 17.8 Å². The quantitative estimate of drug-likeness (QED) is 0.464. The maximum absolute atomic E-state index is 12.9. The molecule has 0 amide bonds. The number of aliphatic imine (C=N–C) groups is 1. The van der Waals surface area contributed by atoms with Crippen molar-refractivity contribution in [2.45, 2.75) is 38.5 Å². The number of benzene rings is 1. The number of hydrogen-bond donors (Lipinski definition) is 3. The van der Waals surface area contributed by atoms with Crippen LogP contribution < -0.4 is 10.6 Å². The fourth-order valence-electron chi connectivity index (χ4n) is 2.69. The number of nitrogens with zero attached hydrogens (tertiary/aromatic N) is 1. The van der Waals surface area contributed by atoms with Gasteiger partial charge in [0.2, 0.25) is 0 Å². The number of nitrogens with one attached hydrogen (secondary N) is 2. The highest BCUT2D eigenvalue weighted by Crippen LogP contribution is 2.31. The van der Waals surface area contributed by atoms with Gasteiger partial charge in [0.25, 0.3) is 0 Å². The second kappa shape index (κ2) is 10.2. The Bertz CT molecular complexity index is 745. The van der Waals surface area contributed by atoms with Crippen LogP contribution in [0.4, 0.5) is 13.2 Å². The Kier molecular flexibility index (Phi) is 7.92. The largest absolute Gasteiger partial charge is 0.467 e. The van der Waals surface area contributed by atoms with Crippen LogP contribution in [-0.4, -0.2) is 30.7 Å². The predicted molar refractivity (Wildman–Crippen MR) is 102 cm³/mol. The molecule has 2 aromatic rings. The minimum atomic E-state index is -4.34. The fourth-order valence-corrected chi connectivity index (χ4v) is 2.69. The van der Waals surface area contributed by atoms with Crippen LogP contribution in [0, 0.1) is 0 Å². The van der Waals surface area contributed by atoms with Crippen LogP contribution in [-0.2, 0) is 6.18 Å². The lowest BCUT2D eigenvalue weighted by Crippen LogP contribution is -2.38. The molecule has 2 rings (SSSR count). The highest BCUT2D eigenvalue weighted by Gasteiger charge is 2.30. The summed E-state index contributed by atoms with van der Waals surface area (Å²) in [6.45, 7) is 5.12. The standard InChI is InChI=1S/C20H26F3N3O2/c1-3-24-19(26-13-17(27)18-8-5-11-28-18)25-10-9-14(2)15-6-4-7-16(12-15)20(21,22)23/h4-8,11-12,14,17,27H,3,9-10,13H2,1-2H3,(H2,24,25,26). The predicted octanol–water partition coefficient (Wildman–Crippen LogP) is 4.08. The Morgan fingerprint density at radius 3 is 2.64 bits per heavy atom. The molecule has 0 bridgehead atoms. The first-order valence-corrected chi connectivity index (χ1v) is 9.22. The summed E-state index contributed by atoms with van der Waals surface area (Å²) in [4.78, 5) is 4.32. The number of hydrogen-bond acceptors (Lipinski definition) is 3. The molecule has 0 aliphatic heterocycles. The maximum atomic E-state index is 12.9. The van der Waals surface area contributed by atoms with Crippen LogP contribution in [0.3, 0.4) is 0 Å². The number of guanidine groups is 1. The van der Waals surface area contributed by atoms with Gasteiger partial charge in [-0.05, 0) is 43.0 Å². The van der Waals surface area contributed by atoms with Gasteiger partial charge in [-0.1, -0.05) is 25.1 Å². The van der Waals surface area contributed by atoms with Gasteiger partial charge in [-0.2, -0.15) is 13.2 Å². The molecule has 5 nitrogen and oxygen atoms in total. The third-order valence-electron chi connectivity index (χ3n) is 4.29. The number of alkyl halides is 3. The number of furan rings is 1. The Hall–Kier alpha value is -2.48. The minimum absolute atomic E-state index is 0.0496. The Labute approximate surface area is 162 Å². The second-order valence-electron chi connectivity index (χ2n) is 6.49. The van der Waals surface area contributed by atoms with Gasteiger partial charge < -0.3 is 20.2 Å². The van der Waals surface area contributed by atoms with E-state index in [2.05, 4.69) is 15.6 Å². The highest BCUT2D eigenvalue weighted by molar-refractivity contribution is 5.79. The monoisotopic (exact) mass is 397 g/mol. The summed E-state index contributed by atoms with van der Waals surface area (Å²) in [6, 6.07) is 8.79. The van der Waals surface area contributed by atoms with Crippen molar-refractivity contribution in [2.75, 3.05) is 19.6 Å². The second-order valence-corrected chi connectivity index (χ2v) is 6.49. The average Bonchev–Trinajstić information content (AvgIpc) is 3.20. The normalized spacial score (nSPS) is 14.6. The van der Waals surface area contributed by atoms with Gasteiger partial charge in [-0.25, -0.2) is 0 Å². The maximum Gasteiger partial charge on any atom is 0.416 e. The van der Waals surface area contributed by atoms with E-state index in [1.54, 1.807) is 18.2 Å². The van der Waals surface area contributed by atoms with Crippen LogP contribution in [0.15, 0.2) is 52.1 Å². The zero-order chi connectivity index (χ0) is 20.6. The summed E-state index contributed by atoms with van der Waals surface area (Å²) < 4.78 is 43.7. The minimum Gasteiger partial charge on any atom is -0.467 e. The van der Waals surface area contributed by atoms with Gasteiger partial charge in [0, 0.05) is 13.1 Å². The summed E-state index contributed by atoms with van der Waals surface area (Å²) >= 11 is 0. The smallest absolute Gasteiger partial charge is 0.416 e. The van der Waals surface area contributed by atoms with Crippen molar-refractivity contribution >= 4 is 5.96 Å². The molecular weight excluding hydrogens is 371 g/mol. The third kappa shape index (κ3) is 6.60. The van der Waals surface area contributed by atoms with Crippen molar-refractivity contribution in [3.05, 3.63) is 59.5 Å². The summed E-state index contributed by atoms with van der Waals surface area (Å²) in [7, 11) is 0. The van der Waals surface area contributed by atoms with Crippen LogP contribution in [0.2, 0.25) is 0 Å². The molecule has 0 aliphatic rings. The van der Waals surface area contributed by atoms with Crippen molar-refractivity contribution in [2.24, 2.45) is 4.99 Å². The van der Waals surface area contributed by atoms with Crippen molar-refractivity contribution < 1.29 is 22.7 Å². The van der Waals surface area contributed by atoms with Gasteiger partial charge >= 0.3 is 6.18 Å². The van der Waals surface area contributed by atoms with Crippen LogP contribution in [0.25, 0.3) is 0 Å². The van der Waals surface area contributed by atoms with E-state index in [1.807, 2.05) is 13.8 Å². The van der Waals surface area contributed by atoms with Crippen molar-refractivity contribution in [1.29, 1.82) is 0 Å². The first-order chi connectivity index (χ1) is 13.3. The lowest BCUT2D eigenvalue weighted by molar-refractivity contribution is -0.137. The van der Waals surface area contributed by atoms with Crippen LogP contribution in [0.1, 0.15) is 49.2 Å². The van der Waals surface area contributed by atoms with E-state index in [4.69, 9.17) is 4.42 Å². The Morgan fingerprint density at radius 2 is 2.00 bits per heavy atom. The zero-order valence-electron chi connectivity index (χ0n) is 16.0. The average molecular weight is 397 g/mol. The lowest BCUT2D eigenvalue weighted by atomic mass is 9.96. The molecule has 2 atom stereocenters. The van der Waals surface area contributed by atoms with Crippen LogP contribution >= 0.6 is 0 Å². The summed E-state index contributed by atoms with van der Waals surface area (Å²) in [6.07, 6.45) is -3.06. The van der Waals surface area contributed by atoms with Gasteiger partial charge in [0.15, 0.2) is 5.96 Å².